The zero-order valence-electron chi connectivity index (χ0n) is 11.7. The first kappa shape index (κ1) is 15.2. The van der Waals surface area contributed by atoms with Crippen LogP contribution in [0, 0.1) is 0 Å². The molecule has 0 aliphatic carbocycles. The summed E-state index contributed by atoms with van der Waals surface area (Å²) < 4.78 is 7.29. The number of ether oxygens (including phenoxy) is 1. The number of hydrogen-bond donors (Lipinski definition) is 1. The van der Waals surface area contributed by atoms with Gasteiger partial charge in [-0.1, -0.05) is 25.1 Å². The molecule has 2 rings (SSSR count). The molecular weight excluding hydrogens is 278 g/mol. The van der Waals surface area contributed by atoms with Gasteiger partial charge in [0.25, 0.3) is 0 Å². The Bertz CT molecular complexity index is 420. The summed E-state index contributed by atoms with van der Waals surface area (Å²) in [6.07, 6.45) is 4.41. The van der Waals surface area contributed by atoms with Crippen molar-refractivity contribution in [3.8, 4) is 0 Å². The van der Waals surface area contributed by atoms with Crippen LogP contribution in [0.5, 0.6) is 0 Å². The van der Waals surface area contributed by atoms with Crippen LogP contribution in [-0.2, 0) is 16.1 Å². The molecule has 1 atom stereocenters. The Kier molecular flexibility index (Phi) is 6.25. The molecule has 112 valence electrons. The molecule has 0 spiro atoms. The van der Waals surface area contributed by atoms with Crippen molar-refractivity contribution < 1.29 is 9.53 Å². The van der Waals surface area contributed by atoms with Crippen molar-refractivity contribution in [3.05, 3.63) is 0 Å². The molecule has 0 radical (unpaired) electrons. The first-order valence-corrected chi connectivity index (χ1v) is 8.05. The lowest BCUT2D eigenvalue weighted by Crippen LogP contribution is -2.26. The molecule has 20 heavy (non-hydrogen) atoms. The number of thioether (sulfide) groups is 1. The molecule has 1 fully saturated rings. The Morgan fingerprint density at radius 1 is 1.60 bits per heavy atom. The topological polar surface area (TPSA) is 81.9 Å². The fourth-order valence-electron chi connectivity index (χ4n) is 1.98. The van der Waals surface area contributed by atoms with Gasteiger partial charge in [-0.25, -0.2) is 4.68 Å². The Hall–Kier alpha value is -1.15. The first-order valence-electron chi connectivity index (χ1n) is 7.07. The van der Waals surface area contributed by atoms with Gasteiger partial charge in [0.1, 0.15) is 0 Å². The van der Waals surface area contributed by atoms with Gasteiger partial charge in [-0.05, 0) is 29.7 Å². The lowest BCUT2D eigenvalue weighted by Gasteiger charge is -2.09. The maximum atomic E-state index is 11.6. The molecule has 1 aromatic heterocycles. The van der Waals surface area contributed by atoms with Crippen LogP contribution in [0.3, 0.4) is 0 Å². The highest BCUT2D eigenvalue weighted by molar-refractivity contribution is 7.99. The highest BCUT2D eigenvalue weighted by atomic mass is 32.2. The number of aromatic nitrogens is 4. The van der Waals surface area contributed by atoms with Gasteiger partial charge in [0, 0.05) is 13.2 Å². The van der Waals surface area contributed by atoms with Crippen molar-refractivity contribution in [2.75, 3.05) is 18.9 Å². The van der Waals surface area contributed by atoms with Crippen LogP contribution in [-0.4, -0.2) is 51.1 Å². The first-order chi connectivity index (χ1) is 9.79. The summed E-state index contributed by atoms with van der Waals surface area (Å²) in [6, 6.07) is 0. The van der Waals surface area contributed by atoms with Crippen molar-refractivity contribution in [2.45, 2.75) is 50.4 Å². The maximum Gasteiger partial charge on any atom is 0.230 e. The van der Waals surface area contributed by atoms with Gasteiger partial charge in [-0.15, -0.1) is 5.10 Å². The lowest BCUT2D eigenvalue weighted by atomic mass is 10.2. The number of carbonyl (C=O) groups is 1. The second-order valence-corrected chi connectivity index (χ2v) is 5.71. The molecule has 1 N–H and O–H groups in total. The maximum absolute atomic E-state index is 11.6. The Labute approximate surface area is 122 Å². The van der Waals surface area contributed by atoms with Gasteiger partial charge in [-0.2, -0.15) is 0 Å². The molecule has 0 aromatic carbocycles. The SMILES string of the molecule is CCCCNC(=O)CSc1nnnn1CC1CCCO1. The van der Waals surface area contributed by atoms with E-state index in [-0.39, 0.29) is 12.0 Å². The summed E-state index contributed by atoms with van der Waals surface area (Å²) in [5, 5.41) is 15.1. The van der Waals surface area contributed by atoms with E-state index in [9.17, 15) is 4.79 Å². The van der Waals surface area contributed by atoms with Crippen molar-refractivity contribution in [1.29, 1.82) is 0 Å². The summed E-state index contributed by atoms with van der Waals surface area (Å²) in [4.78, 5) is 11.6. The fourth-order valence-corrected chi connectivity index (χ4v) is 2.70. The predicted molar refractivity (Wildman–Crippen MR) is 75.4 cm³/mol. The van der Waals surface area contributed by atoms with E-state index in [1.807, 2.05) is 0 Å². The average Bonchev–Trinajstić information content (AvgIpc) is 3.09. The Balaban J connectivity index is 1.75. The average molecular weight is 299 g/mol. The van der Waals surface area contributed by atoms with E-state index in [4.69, 9.17) is 4.74 Å². The van der Waals surface area contributed by atoms with Crippen LogP contribution < -0.4 is 5.32 Å². The predicted octanol–water partition coefficient (Wildman–Crippen LogP) is 0.860. The molecule has 0 bridgehead atoms. The Morgan fingerprint density at radius 3 is 3.25 bits per heavy atom. The quantitative estimate of drug-likeness (QED) is 0.566. The molecule has 1 aliphatic rings. The van der Waals surface area contributed by atoms with Crippen molar-refractivity contribution in [2.24, 2.45) is 0 Å². The molecule has 1 unspecified atom stereocenters. The number of carbonyl (C=O) groups excluding carboxylic acids is 1. The number of nitrogens with zero attached hydrogens (tertiary/aromatic N) is 4. The van der Waals surface area contributed by atoms with Gasteiger partial charge in [0.05, 0.1) is 18.4 Å². The minimum absolute atomic E-state index is 0.0233. The highest BCUT2D eigenvalue weighted by Crippen LogP contribution is 2.18. The number of tetrazole rings is 1. The summed E-state index contributed by atoms with van der Waals surface area (Å²) in [7, 11) is 0. The number of amides is 1. The molecule has 1 aromatic rings. The largest absolute Gasteiger partial charge is 0.376 e. The standard InChI is InChI=1S/C12H21N5O2S/c1-2-3-6-13-11(18)9-20-12-14-15-16-17(12)8-10-5-4-7-19-10/h10H,2-9H2,1H3,(H,13,18). The second-order valence-electron chi connectivity index (χ2n) is 4.77. The van der Waals surface area contributed by atoms with Crippen LogP contribution in [0.2, 0.25) is 0 Å². The second kappa shape index (κ2) is 8.21. The van der Waals surface area contributed by atoms with E-state index in [0.29, 0.717) is 17.5 Å². The third-order valence-corrected chi connectivity index (χ3v) is 4.04. The zero-order valence-corrected chi connectivity index (χ0v) is 12.6. The van der Waals surface area contributed by atoms with Gasteiger partial charge < -0.3 is 10.1 Å². The highest BCUT2D eigenvalue weighted by Gasteiger charge is 2.19. The van der Waals surface area contributed by atoms with Crippen molar-refractivity contribution in [3.63, 3.8) is 0 Å². The van der Waals surface area contributed by atoms with E-state index in [1.165, 1.54) is 11.8 Å². The smallest absolute Gasteiger partial charge is 0.230 e. The summed E-state index contributed by atoms with van der Waals surface area (Å²) in [5.41, 5.74) is 0. The van der Waals surface area contributed by atoms with Crippen LogP contribution in [0.25, 0.3) is 0 Å². The molecule has 2 heterocycles. The summed E-state index contributed by atoms with van der Waals surface area (Å²) >= 11 is 1.36. The van der Waals surface area contributed by atoms with Crippen molar-refractivity contribution >= 4 is 17.7 Å². The van der Waals surface area contributed by atoms with Crippen LogP contribution >= 0.6 is 11.8 Å². The minimum Gasteiger partial charge on any atom is -0.376 e. The van der Waals surface area contributed by atoms with Gasteiger partial charge in [-0.3, -0.25) is 4.79 Å². The van der Waals surface area contributed by atoms with Gasteiger partial charge >= 0.3 is 0 Å². The number of unbranched alkanes of at least 4 members (excludes halogenated alkanes) is 1. The van der Waals surface area contributed by atoms with Gasteiger partial charge in [0.15, 0.2) is 0 Å². The van der Waals surface area contributed by atoms with E-state index < -0.39 is 0 Å². The molecule has 1 amide bonds. The monoisotopic (exact) mass is 299 g/mol. The number of rotatable bonds is 8. The third-order valence-electron chi connectivity index (χ3n) is 3.08. The van der Waals surface area contributed by atoms with Crippen LogP contribution in [0.4, 0.5) is 0 Å². The minimum atomic E-state index is 0.0233. The molecule has 7 nitrogen and oxygen atoms in total. The van der Waals surface area contributed by atoms with E-state index in [2.05, 4.69) is 27.8 Å². The van der Waals surface area contributed by atoms with E-state index in [1.54, 1.807) is 4.68 Å². The molecule has 0 saturated carbocycles. The van der Waals surface area contributed by atoms with E-state index in [0.717, 1.165) is 38.8 Å². The lowest BCUT2D eigenvalue weighted by molar-refractivity contribution is -0.118. The molecular formula is C12H21N5O2S. The summed E-state index contributed by atoms with van der Waals surface area (Å²) in [5.74, 6) is 0.366. The number of hydrogen-bond acceptors (Lipinski definition) is 6. The molecule has 1 aliphatic heterocycles. The van der Waals surface area contributed by atoms with Crippen LogP contribution in [0.1, 0.15) is 32.6 Å². The normalized spacial score (nSPS) is 18.4. The number of nitrogens with one attached hydrogen (secondary N) is 1. The Morgan fingerprint density at radius 2 is 2.50 bits per heavy atom. The summed E-state index contributed by atoms with van der Waals surface area (Å²) in [6.45, 7) is 4.30. The van der Waals surface area contributed by atoms with Crippen LogP contribution in [0.15, 0.2) is 5.16 Å². The molecule has 1 saturated heterocycles. The zero-order chi connectivity index (χ0) is 14.2. The van der Waals surface area contributed by atoms with Gasteiger partial charge in [0.2, 0.25) is 11.1 Å². The fraction of sp³-hybridized carbons (Fsp3) is 0.833. The van der Waals surface area contributed by atoms with Crippen molar-refractivity contribution in [1.82, 2.24) is 25.5 Å². The molecule has 8 heteroatoms. The third kappa shape index (κ3) is 4.75. The van der Waals surface area contributed by atoms with E-state index >= 15 is 0 Å².